The molecule has 1 aliphatic rings. The van der Waals surface area contributed by atoms with E-state index in [9.17, 15) is 79.8 Å². The molecular weight excluding hydrogens is 584 g/mol. The standard InChI is InChI=1S/C18F16O4/c19-3-1(4(20)8(24)11(27)7(3)23)15(17(29,30)31)13(35)38-16(14(36)37-15,18(32,33)34)2-5(21)9(25)12(28)10(26)6(2)22/t15-,16-/m1/s1. The molecule has 0 spiro atoms. The Balaban J connectivity index is 2.48. The molecule has 0 amide bonds. The zero-order valence-corrected chi connectivity index (χ0v) is 16.7. The van der Waals surface area contributed by atoms with E-state index in [1.54, 1.807) is 0 Å². The number of cyclic esters (lactones) is 2. The zero-order valence-electron chi connectivity index (χ0n) is 16.7. The summed E-state index contributed by atoms with van der Waals surface area (Å²) in [5.74, 6) is -41.7. The lowest BCUT2D eigenvalue weighted by Crippen LogP contribution is -2.67. The molecule has 2 aromatic rings. The van der Waals surface area contributed by atoms with Crippen LogP contribution in [0.1, 0.15) is 11.1 Å². The molecule has 1 fully saturated rings. The van der Waals surface area contributed by atoms with Crippen molar-refractivity contribution in [3.8, 4) is 0 Å². The summed E-state index contributed by atoms with van der Waals surface area (Å²) in [5.41, 5.74) is -18.9. The molecule has 0 saturated carbocycles. The molecule has 38 heavy (non-hydrogen) atoms. The number of rotatable bonds is 2. The Kier molecular flexibility index (Phi) is 6.36. The molecule has 0 bridgehead atoms. The number of benzene rings is 2. The number of ether oxygens (including phenoxy) is 2. The van der Waals surface area contributed by atoms with Gasteiger partial charge in [0.15, 0.2) is 46.5 Å². The van der Waals surface area contributed by atoms with E-state index < -0.39 is 105 Å². The summed E-state index contributed by atoms with van der Waals surface area (Å²) in [6.45, 7) is 0. The summed E-state index contributed by atoms with van der Waals surface area (Å²) in [5, 5.41) is 0. The first-order chi connectivity index (χ1) is 17.1. The fourth-order valence-corrected chi connectivity index (χ4v) is 3.27. The van der Waals surface area contributed by atoms with Crippen LogP contribution in [0.15, 0.2) is 0 Å². The highest BCUT2D eigenvalue weighted by atomic mass is 19.4. The van der Waals surface area contributed by atoms with E-state index in [0.29, 0.717) is 0 Å². The average Bonchev–Trinajstić information content (AvgIpc) is 2.80. The molecule has 2 atom stereocenters. The molecular formula is C18F16O4. The Bertz CT molecular complexity index is 1230. The van der Waals surface area contributed by atoms with E-state index in [4.69, 9.17) is 0 Å². The van der Waals surface area contributed by atoms with Crippen LogP contribution < -0.4 is 0 Å². The summed E-state index contributed by atoms with van der Waals surface area (Å²) >= 11 is 0. The lowest BCUT2D eigenvalue weighted by Gasteiger charge is -2.44. The highest BCUT2D eigenvalue weighted by Gasteiger charge is 2.80. The SMILES string of the molecule is O=C1O[C@@](c2c(F)c(F)c(F)c(F)c2F)(C(F)(F)F)C(=O)O[C@@]1(c1c(F)c(F)c(F)c(F)c1F)C(F)(F)F. The number of esters is 2. The molecule has 0 unspecified atom stereocenters. The van der Waals surface area contributed by atoms with Gasteiger partial charge in [-0.3, -0.25) is 0 Å². The van der Waals surface area contributed by atoms with Gasteiger partial charge >= 0.3 is 35.5 Å². The zero-order chi connectivity index (χ0) is 29.5. The van der Waals surface area contributed by atoms with Crippen molar-refractivity contribution in [3.05, 3.63) is 69.3 Å². The molecule has 0 N–H and O–H groups in total. The Labute approximate surface area is 195 Å². The fourth-order valence-electron chi connectivity index (χ4n) is 3.27. The smallest absolute Gasteiger partial charge is 0.428 e. The predicted molar refractivity (Wildman–Crippen MR) is 80.1 cm³/mol. The molecule has 3 rings (SSSR count). The van der Waals surface area contributed by atoms with Crippen molar-refractivity contribution in [2.24, 2.45) is 0 Å². The van der Waals surface area contributed by atoms with Gasteiger partial charge < -0.3 is 9.47 Å². The maximum atomic E-state index is 14.2. The second-order valence-electron chi connectivity index (χ2n) is 7.03. The van der Waals surface area contributed by atoms with Gasteiger partial charge in [-0.2, -0.15) is 26.3 Å². The van der Waals surface area contributed by atoms with E-state index in [0.717, 1.165) is 0 Å². The van der Waals surface area contributed by atoms with Crippen LogP contribution in [0.25, 0.3) is 0 Å². The van der Waals surface area contributed by atoms with Gasteiger partial charge in [0.25, 0.3) is 0 Å². The maximum absolute atomic E-state index is 14.2. The van der Waals surface area contributed by atoms with Crippen molar-refractivity contribution in [1.29, 1.82) is 0 Å². The minimum absolute atomic E-state index is 3.16. The maximum Gasteiger partial charge on any atom is 0.444 e. The first-order valence-electron chi connectivity index (χ1n) is 8.75. The van der Waals surface area contributed by atoms with Gasteiger partial charge in [0.2, 0.25) is 11.6 Å². The molecule has 0 radical (unpaired) electrons. The summed E-state index contributed by atoms with van der Waals surface area (Å²) in [4.78, 5) is 24.6. The molecule has 208 valence electrons. The van der Waals surface area contributed by atoms with Gasteiger partial charge in [-0.1, -0.05) is 0 Å². The lowest BCUT2D eigenvalue weighted by atomic mass is 9.85. The van der Waals surface area contributed by atoms with Crippen LogP contribution in [-0.4, -0.2) is 24.3 Å². The van der Waals surface area contributed by atoms with Gasteiger partial charge in [0, 0.05) is 0 Å². The van der Waals surface area contributed by atoms with Crippen LogP contribution in [-0.2, 0) is 30.3 Å². The molecule has 20 heteroatoms. The molecule has 1 aliphatic heterocycles. The van der Waals surface area contributed by atoms with Gasteiger partial charge in [0.1, 0.15) is 0 Å². The Hall–Kier alpha value is -3.74. The van der Waals surface area contributed by atoms with E-state index in [2.05, 4.69) is 9.47 Å². The molecule has 1 saturated heterocycles. The number of hydrogen-bond donors (Lipinski definition) is 0. The molecule has 4 nitrogen and oxygen atoms in total. The second-order valence-corrected chi connectivity index (χ2v) is 7.03. The highest BCUT2D eigenvalue weighted by Crippen LogP contribution is 2.56. The monoisotopic (exact) mass is 584 g/mol. The predicted octanol–water partition coefficient (Wildman–Crippen LogP) is 5.39. The van der Waals surface area contributed by atoms with Crippen molar-refractivity contribution < 1.29 is 89.3 Å². The van der Waals surface area contributed by atoms with Crippen molar-refractivity contribution >= 4 is 11.9 Å². The third-order valence-electron chi connectivity index (χ3n) is 4.99. The van der Waals surface area contributed by atoms with Crippen LogP contribution in [0.5, 0.6) is 0 Å². The van der Waals surface area contributed by atoms with Crippen molar-refractivity contribution in [1.82, 2.24) is 0 Å². The van der Waals surface area contributed by atoms with Crippen LogP contribution in [0.3, 0.4) is 0 Å². The van der Waals surface area contributed by atoms with Gasteiger partial charge in [-0.25, -0.2) is 53.5 Å². The molecule has 0 aromatic heterocycles. The average molecular weight is 584 g/mol. The quantitative estimate of drug-likeness (QED) is 0.206. The number of hydrogen-bond acceptors (Lipinski definition) is 4. The number of alkyl halides is 6. The summed E-state index contributed by atoms with van der Waals surface area (Å²) < 4.78 is 227. The van der Waals surface area contributed by atoms with Crippen molar-refractivity contribution in [3.63, 3.8) is 0 Å². The summed E-state index contributed by atoms with van der Waals surface area (Å²) in [6, 6.07) is 0. The minimum atomic E-state index is -6.97. The van der Waals surface area contributed by atoms with Crippen LogP contribution in [0.4, 0.5) is 70.2 Å². The number of halogens is 16. The Morgan fingerprint density at radius 3 is 0.763 bits per heavy atom. The van der Waals surface area contributed by atoms with Crippen LogP contribution in [0, 0.1) is 58.2 Å². The van der Waals surface area contributed by atoms with Crippen molar-refractivity contribution in [2.75, 3.05) is 0 Å². The van der Waals surface area contributed by atoms with Gasteiger partial charge in [0.05, 0.1) is 11.1 Å². The Morgan fingerprint density at radius 2 is 0.579 bits per heavy atom. The first kappa shape index (κ1) is 28.8. The molecule has 0 aliphatic carbocycles. The number of carbonyl (C=O) groups is 2. The third kappa shape index (κ3) is 3.40. The second kappa shape index (κ2) is 8.38. The first-order valence-corrected chi connectivity index (χ1v) is 8.75. The van der Waals surface area contributed by atoms with E-state index in [-0.39, 0.29) is 0 Å². The normalized spacial score (nSPS) is 22.4. The summed E-state index contributed by atoms with van der Waals surface area (Å²) in [6.07, 6.45) is -13.9. The minimum Gasteiger partial charge on any atom is -0.428 e. The number of carbonyl (C=O) groups excluding carboxylic acids is 2. The van der Waals surface area contributed by atoms with Crippen LogP contribution >= 0.6 is 0 Å². The van der Waals surface area contributed by atoms with Gasteiger partial charge in [-0.15, -0.1) is 0 Å². The molecule has 1 heterocycles. The summed E-state index contributed by atoms with van der Waals surface area (Å²) in [7, 11) is 0. The van der Waals surface area contributed by atoms with E-state index >= 15 is 0 Å². The Morgan fingerprint density at radius 1 is 0.395 bits per heavy atom. The van der Waals surface area contributed by atoms with Crippen LogP contribution in [0.2, 0.25) is 0 Å². The van der Waals surface area contributed by atoms with Gasteiger partial charge in [-0.05, 0) is 0 Å². The van der Waals surface area contributed by atoms with E-state index in [1.807, 2.05) is 0 Å². The van der Waals surface area contributed by atoms with E-state index in [1.165, 1.54) is 0 Å². The lowest BCUT2D eigenvalue weighted by molar-refractivity contribution is -0.339. The highest BCUT2D eigenvalue weighted by molar-refractivity contribution is 5.96. The largest absolute Gasteiger partial charge is 0.444 e. The topological polar surface area (TPSA) is 52.6 Å². The fraction of sp³-hybridized carbons (Fsp3) is 0.222. The van der Waals surface area contributed by atoms with Crippen molar-refractivity contribution in [2.45, 2.75) is 23.6 Å². The molecule has 2 aromatic carbocycles. The third-order valence-corrected chi connectivity index (χ3v) is 4.99.